The van der Waals surface area contributed by atoms with Crippen LogP contribution in [0.3, 0.4) is 0 Å². The molecular formula is C6H13F2N3O4S. The van der Waals surface area contributed by atoms with E-state index in [4.69, 9.17) is 0 Å². The Morgan fingerprint density at radius 1 is 1.50 bits per heavy atom. The first-order chi connectivity index (χ1) is 7.22. The van der Waals surface area contributed by atoms with Gasteiger partial charge in [0.05, 0.1) is 19.7 Å². The molecule has 0 heterocycles. The van der Waals surface area contributed by atoms with Gasteiger partial charge in [-0.3, -0.25) is 0 Å². The summed E-state index contributed by atoms with van der Waals surface area (Å²) in [5.74, 6) is -3.37. The van der Waals surface area contributed by atoms with Crippen LogP contribution in [0.4, 0.5) is 13.6 Å². The fourth-order valence-corrected chi connectivity index (χ4v) is 1.33. The predicted molar refractivity (Wildman–Crippen MR) is 51.1 cm³/mol. The topological polar surface area (TPSA) is 111 Å². The van der Waals surface area contributed by atoms with E-state index < -0.39 is 35.3 Å². The zero-order valence-corrected chi connectivity index (χ0v) is 9.31. The highest BCUT2D eigenvalue weighted by molar-refractivity contribution is 7.88. The molecule has 0 saturated carbocycles. The zero-order chi connectivity index (χ0) is 12.8. The lowest BCUT2D eigenvalue weighted by Gasteiger charge is -2.14. The van der Waals surface area contributed by atoms with Gasteiger partial charge in [0.15, 0.2) is 0 Å². The van der Waals surface area contributed by atoms with E-state index in [-0.39, 0.29) is 6.61 Å². The van der Waals surface area contributed by atoms with Crippen molar-refractivity contribution in [1.29, 1.82) is 0 Å². The molecule has 0 spiro atoms. The molecule has 0 bridgehead atoms. The summed E-state index contributed by atoms with van der Waals surface area (Å²) in [6.07, 6.45) is -1.24. The maximum atomic E-state index is 12.6. The van der Waals surface area contributed by atoms with E-state index in [9.17, 15) is 22.0 Å². The van der Waals surface area contributed by atoms with Crippen molar-refractivity contribution in [2.24, 2.45) is 5.73 Å². The number of hydrogen-bond acceptors (Lipinski definition) is 5. The number of alkyl halides is 2. The van der Waals surface area contributed by atoms with Crippen molar-refractivity contribution in [3.8, 4) is 0 Å². The first-order valence-electron chi connectivity index (χ1n) is 4.24. The zero-order valence-electron chi connectivity index (χ0n) is 8.50. The number of carbonyl (C=O) groups excluding carboxylic acids is 1. The molecule has 0 aromatic heterocycles. The van der Waals surface area contributed by atoms with Gasteiger partial charge in [0, 0.05) is 0 Å². The second-order valence-electron chi connectivity index (χ2n) is 2.71. The Balaban J connectivity index is 4.21. The molecule has 0 atom stereocenters. The highest BCUT2D eigenvalue weighted by Crippen LogP contribution is 2.08. The molecule has 0 saturated heterocycles. The normalized spacial score (nSPS) is 12.2. The van der Waals surface area contributed by atoms with E-state index in [0.29, 0.717) is 0 Å². The molecule has 0 fully saturated rings. The number of nitrogens with two attached hydrogens (primary N) is 1. The summed E-state index contributed by atoms with van der Waals surface area (Å²) in [5, 5.41) is 0. The number of hydrogen-bond donors (Lipinski definition) is 3. The Hall–Kier alpha value is -1.00. The molecule has 0 aromatic carbocycles. The number of halogens is 2. The Bertz CT molecular complexity index is 333. The minimum absolute atomic E-state index is 0.0414. The van der Waals surface area contributed by atoms with Gasteiger partial charge >= 0.3 is 16.3 Å². The number of carbonyl (C=O) groups is 1. The summed E-state index contributed by atoms with van der Waals surface area (Å²) < 4.78 is 54.2. The molecule has 0 aliphatic rings. The molecular weight excluding hydrogens is 248 g/mol. The maximum Gasteiger partial charge on any atom is 0.421 e. The van der Waals surface area contributed by atoms with Crippen LogP contribution in [0.5, 0.6) is 0 Å². The second-order valence-corrected chi connectivity index (χ2v) is 4.21. The summed E-state index contributed by atoms with van der Waals surface area (Å²) in [6, 6.07) is 0. The minimum atomic E-state index is -4.36. The Labute approximate surface area is 91.5 Å². The predicted octanol–water partition coefficient (Wildman–Crippen LogP) is -0.839. The standard InChI is InChI=1S/C6H13F2N3O4S/c1-2-15-5(12)11-16(13,14)10-4-6(7,8)3-9/h10H,2-4,9H2,1H3,(H,11,12). The van der Waals surface area contributed by atoms with Gasteiger partial charge in [-0.1, -0.05) is 0 Å². The highest BCUT2D eigenvalue weighted by Gasteiger charge is 2.29. The maximum absolute atomic E-state index is 12.6. The molecule has 0 unspecified atom stereocenters. The average Bonchev–Trinajstić information content (AvgIpc) is 2.15. The molecule has 10 heteroatoms. The Morgan fingerprint density at radius 2 is 2.06 bits per heavy atom. The van der Waals surface area contributed by atoms with Crippen LogP contribution < -0.4 is 15.2 Å². The summed E-state index contributed by atoms with van der Waals surface area (Å²) in [6.45, 7) is -0.782. The molecule has 0 aliphatic heterocycles. The van der Waals surface area contributed by atoms with Gasteiger partial charge in [0.2, 0.25) is 0 Å². The number of amides is 1. The van der Waals surface area contributed by atoms with Crippen LogP contribution in [0, 0.1) is 0 Å². The van der Waals surface area contributed by atoms with E-state index in [1.54, 1.807) is 0 Å². The fraction of sp³-hybridized carbons (Fsp3) is 0.833. The third-order valence-corrected chi connectivity index (χ3v) is 2.27. The van der Waals surface area contributed by atoms with Crippen molar-refractivity contribution in [2.45, 2.75) is 12.8 Å². The largest absolute Gasteiger partial charge is 0.449 e. The second kappa shape index (κ2) is 5.92. The molecule has 0 rings (SSSR count). The summed E-state index contributed by atoms with van der Waals surface area (Å²) >= 11 is 0. The molecule has 16 heavy (non-hydrogen) atoms. The molecule has 96 valence electrons. The van der Waals surface area contributed by atoms with E-state index in [1.165, 1.54) is 16.4 Å². The molecule has 0 radical (unpaired) electrons. The summed E-state index contributed by atoms with van der Waals surface area (Å²) in [7, 11) is -4.36. The number of rotatable bonds is 6. The van der Waals surface area contributed by atoms with Crippen LogP contribution >= 0.6 is 0 Å². The van der Waals surface area contributed by atoms with E-state index >= 15 is 0 Å². The Kier molecular flexibility index (Phi) is 5.55. The fourth-order valence-electron chi connectivity index (χ4n) is 0.579. The van der Waals surface area contributed by atoms with Crippen LogP contribution in [0.2, 0.25) is 0 Å². The van der Waals surface area contributed by atoms with Gasteiger partial charge in [0.25, 0.3) is 5.92 Å². The number of ether oxygens (including phenoxy) is 1. The Morgan fingerprint density at radius 3 is 2.50 bits per heavy atom. The van der Waals surface area contributed by atoms with Crippen molar-refractivity contribution in [3.63, 3.8) is 0 Å². The number of nitrogens with one attached hydrogen (secondary N) is 2. The van der Waals surface area contributed by atoms with E-state index in [0.717, 1.165) is 0 Å². The van der Waals surface area contributed by atoms with Crippen molar-refractivity contribution < 1.29 is 26.7 Å². The lowest BCUT2D eigenvalue weighted by molar-refractivity contribution is 0.0169. The average molecular weight is 261 g/mol. The quantitative estimate of drug-likeness (QED) is 0.577. The lowest BCUT2D eigenvalue weighted by atomic mass is 10.3. The van der Waals surface area contributed by atoms with Crippen LogP contribution in [0.1, 0.15) is 6.92 Å². The monoisotopic (exact) mass is 261 g/mol. The summed E-state index contributed by atoms with van der Waals surface area (Å²) in [4.78, 5) is 10.7. The van der Waals surface area contributed by atoms with Gasteiger partial charge in [-0.25, -0.2) is 18.3 Å². The lowest BCUT2D eigenvalue weighted by Crippen LogP contribution is -2.47. The summed E-state index contributed by atoms with van der Waals surface area (Å²) in [5.41, 5.74) is 4.69. The van der Waals surface area contributed by atoms with Crippen molar-refractivity contribution in [1.82, 2.24) is 9.44 Å². The minimum Gasteiger partial charge on any atom is -0.449 e. The van der Waals surface area contributed by atoms with Crippen molar-refractivity contribution in [2.75, 3.05) is 19.7 Å². The highest BCUT2D eigenvalue weighted by atomic mass is 32.2. The molecule has 0 aliphatic carbocycles. The first kappa shape index (κ1) is 15.0. The van der Waals surface area contributed by atoms with Crippen LogP contribution in [-0.2, 0) is 14.9 Å². The van der Waals surface area contributed by atoms with Crippen molar-refractivity contribution in [3.05, 3.63) is 0 Å². The third kappa shape index (κ3) is 6.48. The third-order valence-electron chi connectivity index (χ3n) is 1.31. The smallest absolute Gasteiger partial charge is 0.421 e. The SMILES string of the molecule is CCOC(=O)NS(=O)(=O)NCC(F)(F)CN. The van der Waals surface area contributed by atoms with Gasteiger partial charge in [-0.05, 0) is 6.92 Å². The van der Waals surface area contributed by atoms with Gasteiger partial charge in [-0.2, -0.15) is 13.1 Å². The van der Waals surface area contributed by atoms with Gasteiger partial charge in [0.1, 0.15) is 0 Å². The molecule has 1 amide bonds. The molecule has 7 nitrogen and oxygen atoms in total. The van der Waals surface area contributed by atoms with Gasteiger partial charge in [-0.15, -0.1) is 0 Å². The molecule has 4 N–H and O–H groups in total. The van der Waals surface area contributed by atoms with E-state index in [2.05, 4.69) is 10.5 Å². The first-order valence-corrected chi connectivity index (χ1v) is 5.73. The van der Waals surface area contributed by atoms with Crippen LogP contribution in [0.15, 0.2) is 0 Å². The molecule has 0 aromatic rings. The van der Waals surface area contributed by atoms with Crippen LogP contribution in [-0.4, -0.2) is 40.1 Å². The van der Waals surface area contributed by atoms with Crippen molar-refractivity contribution >= 4 is 16.3 Å². The van der Waals surface area contributed by atoms with Gasteiger partial charge < -0.3 is 10.5 Å². The van der Waals surface area contributed by atoms with E-state index in [1.807, 2.05) is 0 Å². The van der Waals surface area contributed by atoms with Crippen LogP contribution in [0.25, 0.3) is 0 Å².